The number of hydrogen-bond acceptors (Lipinski definition) is 5. The van der Waals surface area contributed by atoms with Gasteiger partial charge in [0.15, 0.2) is 0 Å². The van der Waals surface area contributed by atoms with Crippen LogP contribution in [-0.4, -0.2) is 39.8 Å². The summed E-state index contributed by atoms with van der Waals surface area (Å²) in [5.41, 5.74) is 0.426. The standard InChI is InChI=1S/C13H20N2O3S/c1-4-18-13(16)11-6-5-8-14-12(11)15-9-7-10(2)19(3)17/h5-6,8,10H,4,7,9H2,1-3H3,(H,14,15). The molecule has 0 bridgehead atoms. The highest BCUT2D eigenvalue weighted by molar-refractivity contribution is 7.84. The molecule has 0 amide bonds. The lowest BCUT2D eigenvalue weighted by atomic mass is 10.2. The van der Waals surface area contributed by atoms with Gasteiger partial charge in [-0.15, -0.1) is 0 Å². The molecule has 106 valence electrons. The highest BCUT2D eigenvalue weighted by atomic mass is 32.2. The summed E-state index contributed by atoms with van der Waals surface area (Å²) >= 11 is 0. The van der Waals surface area contributed by atoms with Gasteiger partial charge < -0.3 is 10.1 Å². The lowest BCUT2D eigenvalue weighted by Gasteiger charge is -2.12. The molecule has 0 aromatic carbocycles. The Morgan fingerprint density at radius 3 is 2.95 bits per heavy atom. The summed E-state index contributed by atoms with van der Waals surface area (Å²) < 4.78 is 16.2. The molecule has 6 heteroatoms. The summed E-state index contributed by atoms with van der Waals surface area (Å²) in [4.78, 5) is 15.9. The van der Waals surface area contributed by atoms with Crippen LogP contribution in [0.2, 0.25) is 0 Å². The minimum atomic E-state index is -0.837. The van der Waals surface area contributed by atoms with Crippen molar-refractivity contribution < 1.29 is 13.7 Å². The van der Waals surface area contributed by atoms with E-state index >= 15 is 0 Å². The van der Waals surface area contributed by atoms with Gasteiger partial charge in [-0.25, -0.2) is 9.78 Å². The summed E-state index contributed by atoms with van der Waals surface area (Å²) in [6.45, 7) is 4.64. The molecule has 0 saturated heterocycles. The smallest absolute Gasteiger partial charge is 0.341 e. The highest BCUT2D eigenvalue weighted by Crippen LogP contribution is 2.13. The van der Waals surface area contributed by atoms with Crippen LogP contribution in [0.3, 0.4) is 0 Å². The van der Waals surface area contributed by atoms with Crippen LogP contribution in [0.1, 0.15) is 30.6 Å². The van der Waals surface area contributed by atoms with E-state index < -0.39 is 10.8 Å². The number of pyridine rings is 1. The quantitative estimate of drug-likeness (QED) is 0.774. The first-order valence-corrected chi connectivity index (χ1v) is 7.86. The fraction of sp³-hybridized carbons (Fsp3) is 0.538. The zero-order valence-corrected chi connectivity index (χ0v) is 12.3. The van der Waals surface area contributed by atoms with Gasteiger partial charge in [-0.2, -0.15) is 0 Å². The molecule has 0 aliphatic rings. The van der Waals surface area contributed by atoms with E-state index in [0.29, 0.717) is 24.5 Å². The molecule has 0 fully saturated rings. The Morgan fingerprint density at radius 1 is 1.58 bits per heavy atom. The fourth-order valence-electron chi connectivity index (χ4n) is 1.48. The largest absolute Gasteiger partial charge is 0.462 e. The second-order valence-electron chi connectivity index (χ2n) is 4.14. The Bertz CT molecular complexity index is 451. The molecule has 5 nitrogen and oxygen atoms in total. The Balaban J connectivity index is 2.63. The Kier molecular flexibility index (Phi) is 6.49. The SMILES string of the molecule is CCOC(=O)c1cccnc1NCCC(C)S(C)=O. The molecule has 2 atom stereocenters. The zero-order valence-electron chi connectivity index (χ0n) is 11.5. The maximum absolute atomic E-state index is 11.7. The maximum atomic E-state index is 11.7. The number of anilines is 1. The first-order valence-electron chi connectivity index (χ1n) is 6.24. The minimum absolute atomic E-state index is 0.113. The van der Waals surface area contributed by atoms with Crippen LogP contribution in [-0.2, 0) is 15.5 Å². The molecule has 1 heterocycles. The van der Waals surface area contributed by atoms with Crippen molar-refractivity contribution in [2.75, 3.05) is 24.7 Å². The van der Waals surface area contributed by atoms with Crippen molar-refractivity contribution in [3.8, 4) is 0 Å². The van der Waals surface area contributed by atoms with Gasteiger partial charge in [0.2, 0.25) is 0 Å². The predicted octanol–water partition coefficient (Wildman–Crippen LogP) is 1.83. The number of hydrogen-bond donors (Lipinski definition) is 1. The van der Waals surface area contributed by atoms with E-state index in [1.807, 2.05) is 6.92 Å². The number of carbonyl (C=O) groups excluding carboxylic acids is 1. The van der Waals surface area contributed by atoms with Gasteiger partial charge >= 0.3 is 5.97 Å². The summed E-state index contributed by atoms with van der Waals surface area (Å²) in [5, 5.41) is 3.21. The van der Waals surface area contributed by atoms with Crippen LogP contribution < -0.4 is 5.32 Å². The van der Waals surface area contributed by atoms with Gasteiger partial charge in [-0.05, 0) is 25.5 Å². The van der Waals surface area contributed by atoms with Crippen LogP contribution in [0, 0.1) is 0 Å². The number of rotatable bonds is 7. The Morgan fingerprint density at radius 2 is 2.32 bits per heavy atom. The average molecular weight is 284 g/mol. The minimum Gasteiger partial charge on any atom is -0.462 e. The van der Waals surface area contributed by atoms with E-state index in [-0.39, 0.29) is 11.2 Å². The van der Waals surface area contributed by atoms with Crippen molar-refractivity contribution in [3.63, 3.8) is 0 Å². The predicted molar refractivity (Wildman–Crippen MR) is 76.8 cm³/mol. The Hall–Kier alpha value is -1.43. The van der Waals surface area contributed by atoms with Crippen molar-refractivity contribution in [2.45, 2.75) is 25.5 Å². The normalized spacial score (nSPS) is 13.6. The number of nitrogens with zero attached hydrogens (tertiary/aromatic N) is 1. The topological polar surface area (TPSA) is 68.3 Å². The summed E-state index contributed by atoms with van der Waals surface area (Å²) in [5.74, 6) is 0.125. The number of nitrogens with one attached hydrogen (secondary N) is 1. The first-order chi connectivity index (χ1) is 9.06. The second-order valence-corrected chi connectivity index (χ2v) is 5.95. The number of carbonyl (C=O) groups is 1. The van der Waals surface area contributed by atoms with Gasteiger partial charge in [-0.1, -0.05) is 6.92 Å². The fourth-order valence-corrected chi connectivity index (χ4v) is 1.93. The number of aromatic nitrogens is 1. The van der Waals surface area contributed by atoms with Crippen LogP contribution in [0.5, 0.6) is 0 Å². The van der Waals surface area contributed by atoms with Crippen molar-refractivity contribution in [2.24, 2.45) is 0 Å². The van der Waals surface area contributed by atoms with Crippen molar-refractivity contribution in [3.05, 3.63) is 23.9 Å². The molecule has 0 saturated carbocycles. The third-order valence-electron chi connectivity index (χ3n) is 2.71. The summed E-state index contributed by atoms with van der Waals surface area (Å²) in [6, 6.07) is 3.37. The third kappa shape index (κ3) is 4.98. The monoisotopic (exact) mass is 284 g/mol. The van der Waals surface area contributed by atoms with E-state index in [1.54, 1.807) is 31.5 Å². The Labute approximate surface area is 116 Å². The van der Waals surface area contributed by atoms with E-state index in [4.69, 9.17) is 4.74 Å². The second kappa shape index (κ2) is 7.89. The third-order valence-corrected chi connectivity index (χ3v) is 4.08. The van der Waals surface area contributed by atoms with Crippen LogP contribution in [0.25, 0.3) is 0 Å². The molecule has 0 aliphatic carbocycles. The molecule has 0 aliphatic heterocycles. The number of ether oxygens (including phenoxy) is 1. The number of esters is 1. The van der Waals surface area contributed by atoms with E-state index in [1.165, 1.54) is 0 Å². The molecule has 2 unspecified atom stereocenters. The average Bonchev–Trinajstić information content (AvgIpc) is 2.39. The summed E-state index contributed by atoms with van der Waals surface area (Å²) in [7, 11) is -0.837. The van der Waals surface area contributed by atoms with E-state index in [2.05, 4.69) is 10.3 Å². The van der Waals surface area contributed by atoms with Crippen LogP contribution in [0.4, 0.5) is 5.82 Å². The molecule has 19 heavy (non-hydrogen) atoms. The molecular formula is C13H20N2O3S. The van der Waals surface area contributed by atoms with Crippen molar-refractivity contribution in [1.29, 1.82) is 0 Å². The lowest BCUT2D eigenvalue weighted by molar-refractivity contribution is 0.0527. The van der Waals surface area contributed by atoms with Crippen LogP contribution in [0.15, 0.2) is 18.3 Å². The van der Waals surface area contributed by atoms with Gasteiger partial charge in [-0.3, -0.25) is 4.21 Å². The van der Waals surface area contributed by atoms with E-state index in [0.717, 1.165) is 6.42 Å². The highest BCUT2D eigenvalue weighted by Gasteiger charge is 2.13. The summed E-state index contributed by atoms with van der Waals surface area (Å²) in [6.07, 6.45) is 4.06. The lowest BCUT2D eigenvalue weighted by Crippen LogP contribution is -2.17. The first kappa shape index (κ1) is 15.6. The molecular weight excluding hydrogens is 264 g/mol. The van der Waals surface area contributed by atoms with Gasteiger partial charge in [0, 0.05) is 35.0 Å². The van der Waals surface area contributed by atoms with Gasteiger partial charge in [0.05, 0.1) is 6.61 Å². The molecule has 1 N–H and O–H groups in total. The molecule has 0 radical (unpaired) electrons. The van der Waals surface area contributed by atoms with Crippen LogP contribution >= 0.6 is 0 Å². The van der Waals surface area contributed by atoms with Gasteiger partial charge in [0.1, 0.15) is 11.4 Å². The van der Waals surface area contributed by atoms with E-state index in [9.17, 15) is 9.00 Å². The van der Waals surface area contributed by atoms with Crippen molar-refractivity contribution in [1.82, 2.24) is 4.98 Å². The maximum Gasteiger partial charge on any atom is 0.341 e. The molecule has 1 rings (SSSR count). The zero-order chi connectivity index (χ0) is 14.3. The van der Waals surface area contributed by atoms with Gasteiger partial charge in [0.25, 0.3) is 0 Å². The molecule has 1 aromatic rings. The molecule has 1 aromatic heterocycles. The molecule has 0 spiro atoms. The van der Waals surface area contributed by atoms with Crippen molar-refractivity contribution >= 4 is 22.6 Å².